The molecule has 3 aromatic rings. The fraction of sp³-hybridized carbons (Fsp3) is 0.278. The van der Waals surface area contributed by atoms with Crippen LogP contribution in [0.5, 0.6) is 0 Å². The SMILES string of the molecule is CCc1c(C(C)C)nn(C(=O)n2cccn2)c1-c1ccccc1. The molecule has 5 nitrogen and oxygen atoms in total. The average molecular weight is 308 g/mol. The van der Waals surface area contributed by atoms with Crippen molar-refractivity contribution in [2.24, 2.45) is 0 Å². The molecule has 0 fully saturated rings. The summed E-state index contributed by atoms with van der Waals surface area (Å²) in [5.74, 6) is 0.249. The zero-order valence-corrected chi connectivity index (χ0v) is 13.6. The molecule has 5 heteroatoms. The maximum atomic E-state index is 12.8. The molecule has 23 heavy (non-hydrogen) atoms. The highest BCUT2D eigenvalue weighted by Gasteiger charge is 2.24. The monoisotopic (exact) mass is 308 g/mol. The zero-order chi connectivity index (χ0) is 16.4. The lowest BCUT2D eigenvalue weighted by Crippen LogP contribution is -2.22. The van der Waals surface area contributed by atoms with Crippen LogP contribution >= 0.6 is 0 Å². The van der Waals surface area contributed by atoms with Gasteiger partial charge in [-0.05, 0) is 18.4 Å². The first-order valence-corrected chi connectivity index (χ1v) is 7.85. The summed E-state index contributed by atoms with van der Waals surface area (Å²) in [4.78, 5) is 12.8. The lowest BCUT2D eigenvalue weighted by atomic mass is 9.98. The smallest absolute Gasteiger partial charge is 0.244 e. The Bertz CT molecular complexity index is 801. The first-order valence-electron chi connectivity index (χ1n) is 7.85. The quantitative estimate of drug-likeness (QED) is 0.736. The van der Waals surface area contributed by atoms with E-state index >= 15 is 0 Å². The van der Waals surface area contributed by atoms with Gasteiger partial charge in [0.25, 0.3) is 0 Å². The summed E-state index contributed by atoms with van der Waals surface area (Å²) >= 11 is 0. The lowest BCUT2D eigenvalue weighted by Gasteiger charge is -2.08. The molecular weight excluding hydrogens is 288 g/mol. The molecule has 0 radical (unpaired) electrons. The van der Waals surface area contributed by atoms with E-state index in [0.29, 0.717) is 0 Å². The van der Waals surface area contributed by atoms with Gasteiger partial charge in [0.15, 0.2) is 0 Å². The largest absolute Gasteiger partial charge is 0.369 e. The maximum Gasteiger partial charge on any atom is 0.369 e. The van der Waals surface area contributed by atoms with Crippen molar-refractivity contribution in [3.8, 4) is 11.3 Å². The van der Waals surface area contributed by atoms with Gasteiger partial charge in [0, 0.05) is 23.5 Å². The number of benzene rings is 1. The standard InChI is InChI=1S/C18H20N4O/c1-4-15-16(13(2)3)20-22(18(23)21-12-8-11-19-21)17(15)14-9-6-5-7-10-14/h5-13H,4H2,1-3H3. The van der Waals surface area contributed by atoms with E-state index < -0.39 is 0 Å². The molecule has 0 aliphatic rings. The average Bonchev–Trinajstić information content (AvgIpc) is 3.22. The number of aromatic nitrogens is 4. The van der Waals surface area contributed by atoms with Crippen molar-refractivity contribution in [1.29, 1.82) is 0 Å². The first kappa shape index (κ1) is 15.2. The normalized spacial score (nSPS) is 11.1. The minimum Gasteiger partial charge on any atom is -0.244 e. The molecular formula is C18H20N4O. The highest BCUT2D eigenvalue weighted by Crippen LogP contribution is 2.30. The Balaban J connectivity index is 2.24. The summed E-state index contributed by atoms with van der Waals surface area (Å²) in [5.41, 5.74) is 3.93. The van der Waals surface area contributed by atoms with Crippen LogP contribution in [-0.2, 0) is 6.42 Å². The van der Waals surface area contributed by atoms with Crippen LogP contribution in [0.2, 0.25) is 0 Å². The molecule has 0 unspecified atom stereocenters. The highest BCUT2D eigenvalue weighted by atomic mass is 16.2. The van der Waals surface area contributed by atoms with Gasteiger partial charge in [-0.1, -0.05) is 51.1 Å². The number of carbonyl (C=O) groups is 1. The van der Waals surface area contributed by atoms with Crippen molar-refractivity contribution in [1.82, 2.24) is 19.6 Å². The number of hydrogen-bond donors (Lipinski definition) is 0. The van der Waals surface area contributed by atoms with Gasteiger partial charge in [0.1, 0.15) is 0 Å². The van der Waals surface area contributed by atoms with Crippen LogP contribution in [0.25, 0.3) is 11.3 Å². The van der Waals surface area contributed by atoms with Crippen molar-refractivity contribution < 1.29 is 4.79 Å². The molecule has 1 aromatic carbocycles. The molecule has 0 amide bonds. The number of carbonyl (C=O) groups excluding carboxylic acids is 1. The Morgan fingerprint density at radius 2 is 1.91 bits per heavy atom. The number of hydrogen-bond acceptors (Lipinski definition) is 3. The molecule has 0 bridgehead atoms. The number of nitrogens with zero attached hydrogens (tertiary/aromatic N) is 4. The summed E-state index contributed by atoms with van der Waals surface area (Å²) in [5, 5.41) is 8.66. The van der Waals surface area contributed by atoms with Gasteiger partial charge in [-0.3, -0.25) is 0 Å². The van der Waals surface area contributed by atoms with E-state index in [1.165, 1.54) is 9.36 Å². The predicted octanol–water partition coefficient (Wildman–Crippen LogP) is 3.95. The summed E-state index contributed by atoms with van der Waals surface area (Å²) < 4.78 is 2.79. The fourth-order valence-corrected chi connectivity index (χ4v) is 2.79. The highest BCUT2D eigenvalue weighted by molar-refractivity contribution is 5.84. The van der Waals surface area contributed by atoms with Crippen molar-refractivity contribution >= 4 is 6.03 Å². The van der Waals surface area contributed by atoms with Crippen LogP contribution in [-0.4, -0.2) is 25.6 Å². The van der Waals surface area contributed by atoms with Crippen molar-refractivity contribution in [2.45, 2.75) is 33.1 Å². The maximum absolute atomic E-state index is 12.8. The molecule has 0 saturated heterocycles. The molecule has 2 aromatic heterocycles. The van der Waals surface area contributed by atoms with Crippen molar-refractivity contribution in [3.63, 3.8) is 0 Å². The van der Waals surface area contributed by atoms with Crippen LogP contribution in [0.4, 0.5) is 4.79 Å². The van der Waals surface area contributed by atoms with Gasteiger partial charge in [-0.15, -0.1) is 0 Å². The van der Waals surface area contributed by atoms with Crippen molar-refractivity contribution in [3.05, 3.63) is 60.0 Å². The van der Waals surface area contributed by atoms with E-state index in [-0.39, 0.29) is 11.9 Å². The molecule has 0 saturated carbocycles. The van der Waals surface area contributed by atoms with Gasteiger partial charge >= 0.3 is 6.03 Å². The zero-order valence-electron chi connectivity index (χ0n) is 13.6. The minimum absolute atomic E-state index is 0.249. The van der Waals surface area contributed by atoms with E-state index in [9.17, 15) is 4.79 Å². The van der Waals surface area contributed by atoms with Gasteiger partial charge in [-0.2, -0.15) is 19.6 Å². The third-order valence-corrected chi connectivity index (χ3v) is 3.84. The van der Waals surface area contributed by atoms with Crippen LogP contribution in [0, 0.1) is 0 Å². The summed E-state index contributed by atoms with van der Waals surface area (Å²) in [7, 11) is 0. The van der Waals surface area contributed by atoms with Gasteiger partial charge < -0.3 is 0 Å². The van der Waals surface area contributed by atoms with E-state index in [1.54, 1.807) is 18.5 Å². The third-order valence-electron chi connectivity index (χ3n) is 3.84. The van der Waals surface area contributed by atoms with Crippen LogP contribution in [0.3, 0.4) is 0 Å². The van der Waals surface area contributed by atoms with Gasteiger partial charge in [0.05, 0.1) is 11.4 Å². The summed E-state index contributed by atoms with van der Waals surface area (Å²) in [6, 6.07) is 11.4. The molecule has 3 rings (SSSR count). The van der Waals surface area contributed by atoms with E-state index in [1.807, 2.05) is 30.3 Å². The predicted molar refractivity (Wildman–Crippen MR) is 89.5 cm³/mol. The molecule has 0 aliphatic heterocycles. The molecule has 2 heterocycles. The molecule has 0 N–H and O–H groups in total. The van der Waals surface area contributed by atoms with Crippen LogP contribution in [0.1, 0.15) is 37.9 Å². The van der Waals surface area contributed by atoms with Crippen LogP contribution in [0.15, 0.2) is 48.8 Å². The number of rotatable bonds is 3. The Labute approximate surface area is 135 Å². The molecule has 0 spiro atoms. The van der Waals surface area contributed by atoms with E-state index in [4.69, 9.17) is 0 Å². The van der Waals surface area contributed by atoms with E-state index in [2.05, 4.69) is 31.0 Å². The van der Waals surface area contributed by atoms with Gasteiger partial charge in [-0.25, -0.2) is 4.79 Å². The Kier molecular flexibility index (Phi) is 4.10. The summed E-state index contributed by atoms with van der Waals surface area (Å²) in [6.45, 7) is 6.29. The first-order chi connectivity index (χ1) is 11.1. The van der Waals surface area contributed by atoms with Crippen LogP contribution < -0.4 is 0 Å². The topological polar surface area (TPSA) is 52.7 Å². The molecule has 0 atom stereocenters. The Morgan fingerprint density at radius 3 is 2.48 bits per heavy atom. The van der Waals surface area contributed by atoms with Crippen molar-refractivity contribution in [2.75, 3.05) is 0 Å². The molecule has 0 aliphatic carbocycles. The second-order valence-corrected chi connectivity index (χ2v) is 5.73. The van der Waals surface area contributed by atoms with E-state index in [0.717, 1.165) is 28.9 Å². The summed E-state index contributed by atoms with van der Waals surface area (Å²) in [6.07, 6.45) is 4.05. The second-order valence-electron chi connectivity index (χ2n) is 5.73. The lowest BCUT2D eigenvalue weighted by molar-refractivity contribution is 0.238. The minimum atomic E-state index is -0.268. The Hall–Kier alpha value is -2.69. The fourth-order valence-electron chi connectivity index (χ4n) is 2.79. The van der Waals surface area contributed by atoms with Gasteiger partial charge in [0.2, 0.25) is 0 Å². The third kappa shape index (κ3) is 2.70. The molecule has 118 valence electrons. The second kappa shape index (κ2) is 6.20. The Morgan fingerprint density at radius 1 is 1.17 bits per heavy atom.